The molecule has 0 saturated carbocycles. The largest absolute Gasteiger partial charge is 0.350 e. The molecule has 5 heteroatoms. The lowest BCUT2D eigenvalue weighted by atomic mass is 9.96. The summed E-state index contributed by atoms with van der Waals surface area (Å²) in [6.07, 6.45) is 0. The van der Waals surface area contributed by atoms with Gasteiger partial charge < -0.3 is 15.5 Å². The fourth-order valence-electron chi connectivity index (χ4n) is 3.50. The molecule has 2 aliphatic rings. The van der Waals surface area contributed by atoms with E-state index in [1.807, 2.05) is 42.5 Å². The van der Waals surface area contributed by atoms with Crippen molar-refractivity contribution in [1.29, 1.82) is 0 Å². The minimum atomic E-state index is -1.23. The first-order valence-electron chi connectivity index (χ1n) is 8.14. The van der Waals surface area contributed by atoms with Crippen molar-refractivity contribution in [3.8, 4) is 0 Å². The van der Waals surface area contributed by atoms with Crippen molar-refractivity contribution < 1.29 is 9.59 Å². The van der Waals surface area contributed by atoms with Gasteiger partial charge in [0.2, 0.25) is 5.66 Å². The Morgan fingerprint density at radius 3 is 2.50 bits per heavy atom. The second kappa shape index (κ2) is 5.09. The third kappa shape index (κ3) is 1.94. The number of nitrogens with zero attached hydrogens (tertiary/aromatic N) is 1. The standard InChI is InChI=1S/C19H19N3O2/c1-12(2)11-22-16-10-6-4-8-14(16)19(18(22)24)20-15-9-5-3-7-13(15)17(23)21-19/h3-10,12,20H,11H2,1-2H3,(H,21,23). The van der Waals surface area contributed by atoms with Crippen LogP contribution >= 0.6 is 0 Å². The number of nitrogens with one attached hydrogen (secondary N) is 2. The van der Waals surface area contributed by atoms with E-state index in [0.717, 1.165) is 11.3 Å². The van der Waals surface area contributed by atoms with Crippen molar-refractivity contribution in [2.75, 3.05) is 16.8 Å². The van der Waals surface area contributed by atoms with Gasteiger partial charge in [-0.1, -0.05) is 44.2 Å². The third-order valence-electron chi connectivity index (χ3n) is 4.51. The van der Waals surface area contributed by atoms with Gasteiger partial charge in [0.05, 0.1) is 11.3 Å². The number of hydrogen-bond acceptors (Lipinski definition) is 3. The van der Waals surface area contributed by atoms with Gasteiger partial charge in [-0.05, 0) is 24.1 Å². The van der Waals surface area contributed by atoms with Gasteiger partial charge in [0.15, 0.2) is 0 Å². The van der Waals surface area contributed by atoms with E-state index in [2.05, 4.69) is 24.5 Å². The summed E-state index contributed by atoms with van der Waals surface area (Å²) in [4.78, 5) is 27.7. The maximum absolute atomic E-state index is 13.3. The molecule has 0 aliphatic carbocycles. The number of amides is 2. The number of rotatable bonds is 2. The van der Waals surface area contributed by atoms with E-state index >= 15 is 0 Å². The predicted molar refractivity (Wildman–Crippen MR) is 92.8 cm³/mol. The third-order valence-corrected chi connectivity index (χ3v) is 4.51. The number of carbonyl (C=O) groups excluding carboxylic acids is 2. The molecule has 2 amide bonds. The summed E-state index contributed by atoms with van der Waals surface area (Å²) in [5.41, 5.74) is 1.64. The zero-order valence-corrected chi connectivity index (χ0v) is 13.7. The van der Waals surface area contributed by atoms with E-state index in [1.165, 1.54) is 0 Å². The summed E-state index contributed by atoms with van der Waals surface area (Å²) in [5.74, 6) is -0.0529. The molecule has 0 bridgehead atoms. The first-order chi connectivity index (χ1) is 11.5. The Labute approximate surface area is 140 Å². The highest BCUT2D eigenvalue weighted by atomic mass is 16.2. The van der Waals surface area contributed by atoms with Crippen LogP contribution in [0.5, 0.6) is 0 Å². The Bertz CT molecular complexity index is 846. The molecule has 122 valence electrons. The molecule has 5 nitrogen and oxygen atoms in total. The molecule has 2 heterocycles. The molecule has 1 atom stereocenters. The van der Waals surface area contributed by atoms with Crippen molar-refractivity contribution in [3.05, 3.63) is 59.7 Å². The SMILES string of the molecule is CC(C)CN1C(=O)C2(NC(=O)c3ccccc3N2)c2ccccc21. The van der Waals surface area contributed by atoms with Crippen LogP contribution in [-0.2, 0) is 10.5 Å². The Morgan fingerprint density at radius 2 is 1.71 bits per heavy atom. The first-order valence-corrected chi connectivity index (χ1v) is 8.14. The maximum atomic E-state index is 13.3. The van der Waals surface area contributed by atoms with Crippen molar-refractivity contribution in [3.63, 3.8) is 0 Å². The Kier molecular flexibility index (Phi) is 3.13. The predicted octanol–water partition coefficient (Wildman–Crippen LogP) is 2.70. The highest BCUT2D eigenvalue weighted by Gasteiger charge is 2.54. The Hall–Kier alpha value is -2.82. The summed E-state index contributed by atoms with van der Waals surface area (Å²) < 4.78 is 0. The van der Waals surface area contributed by atoms with Crippen LogP contribution < -0.4 is 15.5 Å². The lowest BCUT2D eigenvalue weighted by molar-refractivity contribution is -0.123. The fraction of sp³-hybridized carbons (Fsp3) is 0.263. The van der Waals surface area contributed by atoms with Gasteiger partial charge in [0.25, 0.3) is 11.8 Å². The fourth-order valence-corrected chi connectivity index (χ4v) is 3.50. The van der Waals surface area contributed by atoms with Crippen LogP contribution in [0.3, 0.4) is 0 Å². The van der Waals surface area contributed by atoms with Crippen LogP contribution in [0.4, 0.5) is 11.4 Å². The highest BCUT2D eigenvalue weighted by molar-refractivity contribution is 6.15. The van der Waals surface area contributed by atoms with Gasteiger partial charge in [-0.3, -0.25) is 9.59 Å². The average molecular weight is 321 g/mol. The van der Waals surface area contributed by atoms with Crippen LogP contribution in [0, 0.1) is 5.92 Å². The molecule has 2 aromatic rings. The molecule has 0 saturated heterocycles. The molecule has 1 spiro atoms. The van der Waals surface area contributed by atoms with Crippen molar-refractivity contribution in [2.45, 2.75) is 19.5 Å². The van der Waals surface area contributed by atoms with Gasteiger partial charge >= 0.3 is 0 Å². The van der Waals surface area contributed by atoms with Crippen LogP contribution in [0.25, 0.3) is 0 Å². The van der Waals surface area contributed by atoms with Gasteiger partial charge in [0, 0.05) is 17.8 Å². The molecular weight excluding hydrogens is 302 g/mol. The van der Waals surface area contributed by atoms with Crippen LogP contribution in [-0.4, -0.2) is 18.4 Å². The summed E-state index contributed by atoms with van der Waals surface area (Å²) in [6, 6.07) is 14.9. The first kappa shape index (κ1) is 14.8. The minimum absolute atomic E-state index is 0.139. The van der Waals surface area contributed by atoms with E-state index in [0.29, 0.717) is 23.7 Å². The molecule has 0 fully saturated rings. The maximum Gasteiger partial charge on any atom is 0.278 e. The van der Waals surface area contributed by atoms with E-state index in [4.69, 9.17) is 0 Å². The molecule has 4 rings (SSSR count). The van der Waals surface area contributed by atoms with Crippen molar-refractivity contribution in [1.82, 2.24) is 5.32 Å². The minimum Gasteiger partial charge on any atom is -0.350 e. The number of anilines is 2. The number of carbonyl (C=O) groups is 2. The molecule has 0 radical (unpaired) electrons. The molecule has 2 aliphatic heterocycles. The highest BCUT2D eigenvalue weighted by Crippen LogP contribution is 2.43. The molecular formula is C19H19N3O2. The number of fused-ring (bicyclic) bond motifs is 3. The summed E-state index contributed by atoms with van der Waals surface area (Å²) in [7, 11) is 0. The second-order valence-electron chi connectivity index (χ2n) is 6.70. The Morgan fingerprint density at radius 1 is 1.00 bits per heavy atom. The quantitative estimate of drug-likeness (QED) is 0.894. The summed E-state index contributed by atoms with van der Waals surface area (Å²) in [6.45, 7) is 4.75. The smallest absolute Gasteiger partial charge is 0.278 e. The van der Waals surface area contributed by atoms with E-state index in [1.54, 1.807) is 11.0 Å². The molecule has 2 N–H and O–H groups in total. The number of para-hydroxylation sites is 2. The van der Waals surface area contributed by atoms with Crippen LogP contribution in [0.2, 0.25) is 0 Å². The van der Waals surface area contributed by atoms with Crippen LogP contribution in [0.1, 0.15) is 29.8 Å². The molecule has 1 unspecified atom stereocenters. The van der Waals surface area contributed by atoms with E-state index in [-0.39, 0.29) is 11.8 Å². The van der Waals surface area contributed by atoms with Gasteiger partial charge in [-0.25, -0.2) is 0 Å². The lowest BCUT2D eigenvalue weighted by Gasteiger charge is -2.36. The number of benzene rings is 2. The zero-order chi connectivity index (χ0) is 16.9. The van der Waals surface area contributed by atoms with Gasteiger partial charge in [0.1, 0.15) is 0 Å². The van der Waals surface area contributed by atoms with Crippen molar-refractivity contribution in [2.24, 2.45) is 5.92 Å². The summed E-state index contributed by atoms with van der Waals surface area (Å²) >= 11 is 0. The summed E-state index contributed by atoms with van der Waals surface area (Å²) in [5, 5.41) is 6.20. The van der Waals surface area contributed by atoms with E-state index in [9.17, 15) is 9.59 Å². The topological polar surface area (TPSA) is 61.4 Å². The molecule has 0 aromatic heterocycles. The van der Waals surface area contributed by atoms with Crippen LogP contribution in [0.15, 0.2) is 48.5 Å². The number of hydrogen-bond donors (Lipinski definition) is 2. The van der Waals surface area contributed by atoms with Crippen molar-refractivity contribution >= 4 is 23.2 Å². The van der Waals surface area contributed by atoms with Gasteiger partial charge in [-0.15, -0.1) is 0 Å². The van der Waals surface area contributed by atoms with Gasteiger partial charge in [-0.2, -0.15) is 0 Å². The lowest BCUT2D eigenvalue weighted by Crippen LogP contribution is -2.60. The zero-order valence-electron chi connectivity index (χ0n) is 13.7. The van der Waals surface area contributed by atoms with E-state index < -0.39 is 5.66 Å². The molecule has 2 aromatic carbocycles. The molecule has 24 heavy (non-hydrogen) atoms. The Balaban J connectivity index is 1.87. The monoisotopic (exact) mass is 321 g/mol. The average Bonchev–Trinajstić information content (AvgIpc) is 2.78. The second-order valence-corrected chi connectivity index (χ2v) is 6.70. The normalized spacial score (nSPS) is 21.5.